The first kappa shape index (κ1) is 20.3. The van der Waals surface area contributed by atoms with Crippen LogP contribution >= 0.6 is 0 Å². The van der Waals surface area contributed by atoms with E-state index in [1.165, 1.54) is 0 Å². The van der Waals surface area contributed by atoms with Gasteiger partial charge in [-0.15, -0.1) is 0 Å². The number of aryl methyl sites for hydroxylation is 2. The molecular formula is C23H25N3O3. The Bertz CT molecular complexity index is 1040. The molecule has 0 spiro atoms. The Kier molecular flexibility index (Phi) is 6.12. The van der Waals surface area contributed by atoms with E-state index in [4.69, 9.17) is 5.11 Å². The molecule has 0 aliphatic rings. The number of carboxylic acid groups (broad SMARTS) is 1. The second kappa shape index (κ2) is 8.73. The van der Waals surface area contributed by atoms with Crippen LogP contribution in [0.5, 0.6) is 0 Å². The molecule has 150 valence electrons. The molecule has 2 aromatic carbocycles. The average Bonchev–Trinajstić information content (AvgIpc) is 2.98. The lowest BCUT2D eigenvalue weighted by molar-refractivity contribution is -0.136. The molecule has 1 heterocycles. The second-order valence-electron chi connectivity index (χ2n) is 7.17. The van der Waals surface area contributed by atoms with Crippen LogP contribution in [0.25, 0.3) is 5.69 Å². The molecule has 0 aliphatic heterocycles. The molecule has 0 unspecified atom stereocenters. The van der Waals surface area contributed by atoms with Crippen LogP contribution in [0.15, 0.2) is 48.5 Å². The van der Waals surface area contributed by atoms with Crippen LogP contribution in [0.4, 0.5) is 0 Å². The average molecular weight is 391 g/mol. The molecule has 1 amide bonds. The number of hydrogen-bond acceptors (Lipinski definition) is 3. The maximum atomic E-state index is 12.4. The number of nitrogens with one attached hydrogen (secondary N) is 1. The van der Waals surface area contributed by atoms with Gasteiger partial charge in [0.25, 0.3) is 5.91 Å². The zero-order valence-corrected chi connectivity index (χ0v) is 16.9. The number of amides is 1. The SMILES string of the molecule is Cc1cccc(CNC(=O)c2ccc(-n3nc(C)c(CCC(=O)O)c3C)cc2)c1. The third-order valence-electron chi connectivity index (χ3n) is 4.94. The van der Waals surface area contributed by atoms with Gasteiger partial charge < -0.3 is 10.4 Å². The van der Waals surface area contributed by atoms with Crippen molar-refractivity contribution < 1.29 is 14.7 Å². The van der Waals surface area contributed by atoms with Crippen molar-refractivity contribution in [3.63, 3.8) is 0 Å². The minimum Gasteiger partial charge on any atom is -0.481 e. The standard InChI is InChI=1S/C23H25N3O3/c1-15-5-4-6-18(13-15)14-24-23(29)19-7-9-20(10-8-19)26-17(3)21(16(2)25-26)11-12-22(27)28/h4-10,13H,11-12,14H2,1-3H3,(H,24,29)(H,27,28). The van der Waals surface area contributed by atoms with E-state index in [2.05, 4.69) is 10.4 Å². The highest BCUT2D eigenvalue weighted by molar-refractivity contribution is 5.94. The molecule has 3 rings (SSSR count). The highest BCUT2D eigenvalue weighted by Gasteiger charge is 2.14. The molecule has 0 radical (unpaired) electrons. The van der Waals surface area contributed by atoms with Crippen molar-refractivity contribution in [1.82, 2.24) is 15.1 Å². The fraction of sp³-hybridized carbons (Fsp3) is 0.261. The number of benzene rings is 2. The number of carbonyl (C=O) groups is 2. The first-order valence-corrected chi connectivity index (χ1v) is 9.56. The maximum Gasteiger partial charge on any atom is 0.303 e. The molecule has 6 nitrogen and oxygen atoms in total. The molecule has 0 aliphatic carbocycles. The Morgan fingerprint density at radius 3 is 2.45 bits per heavy atom. The van der Waals surface area contributed by atoms with Gasteiger partial charge in [-0.1, -0.05) is 29.8 Å². The zero-order valence-electron chi connectivity index (χ0n) is 16.9. The van der Waals surface area contributed by atoms with Gasteiger partial charge in [0.15, 0.2) is 0 Å². The number of aromatic nitrogens is 2. The Morgan fingerprint density at radius 2 is 1.79 bits per heavy atom. The van der Waals surface area contributed by atoms with Crippen molar-refractivity contribution >= 4 is 11.9 Å². The lowest BCUT2D eigenvalue weighted by atomic mass is 10.1. The number of nitrogens with zero attached hydrogens (tertiary/aromatic N) is 2. The summed E-state index contributed by atoms with van der Waals surface area (Å²) in [6.45, 7) is 6.32. The van der Waals surface area contributed by atoms with Crippen molar-refractivity contribution in [3.05, 3.63) is 82.2 Å². The highest BCUT2D eigenvalue weighted by atomic mass is 16.4. The van der Waals surface area contributed by atoms with Crippen LogP contribution in [0.3, 0.4) is 0 Å². The van der Waals surface area contributed by atoms with E-state index in [-0.39, 0.29) is 12.3 Å². The second-order valence-corrected chi connectivity index (χ2v) is 7.17. The first-order chi connectivity index (χ1) is 13.8. The molecule has 29 heavy (non-hydrogen) atoms. The van der Waals surface area contributed by atoms with E-state index < -0.39 is 5.97 Å². The summed E-state index contributed by atoms with van der Waals surface area (Å²) < 4.78 is 1.79. The van der Waals surface area contributed by atoms with Gasteiger partial charge in [0.1, 0.15) is 0 Å². The van der Waals surface area contributed by atoms with Gasteiger partial charge in [0.2, 0.25) is 0 Å². The fourth-order valence-electron chi connectivity index (χ4n) is 3.38. The maximum absolute atomic E-state index is 12.4. The van der Waals surface area contributed by atoms with Gasteiger partial charge in [-0.3, -0.25) is 9.59 Å². The Balaban J connectivity index is 1.70. The number of carboxylic acids is 1. The van der Waals surface area contributed by atoms with Crippen LogP contribution in [-0.4, -0.2) is 26.8 Å². The van der Waals surface area contributed by atoms with Crippen LogP contribution in [-0.2, 0) is 17.8 Å². The number of aliphatic carboxylic acids is 1. The van der Waals surface area contributed by atoms with Gasteiger partial charge >= 0.3 is 5.97 Å². The summed E-state index contributed by atoms with van der Waals surface area (Å²) in [5.41, 5.74) is 6.33. The fourth-order valence-corrected chi connectivity index (χ4v) is 3.38. The summed E-state index contributed by atoms with van der Waals surface area (Å²) >= 11 is 0. The first-order valence-electron chi connectivity index (χ1n) is 9.56. The van der Waals surface area contributed by atoms with E-state index in [1.54, 1.807) is 16.8 Å². The number of carbonyl (C=O) groups excluding carboxylic acids is 1. The van der Waals surface area contributed by atoms with Crippen molar-refractivity contribution in [2.75, 3.05) is 0 Å². The molecule has 0 bridgehead atoms. The molecular weight excluding hydrogens is 366 g/mol. The quantitative estimate of drug-likeness (QED) is 0.642. The highest BCUT2D eigenvalue weighted by Crippen LogP contribution is 2.20. The topological polar surface area (TPSA) is 84.2 Å². The van der Waals surface area contributed by atoms with Gasteiger partial charge in [0.05, 0.1) is 11.4 Å². The molecule has 0 saturated carbocycles. The molecule has 3 aromatic rings. The minimum absolute atomic E-state index is 0.0768. The smallest absolute Gasteiger partial charge is 0.303 e. The predicted octanol–water partition coefficient (Wildman–Crippen LogP) is 3.74. The monoisotopic (exact) mass is 391 g/mol. The summed E-state index contributed by atoms with van der Waals surface area (Å²) in [5, 5.41) is 16.4. The normalized spacial score (nSPS) is 10.7. The van der Waals surface area contributed by atoms with E-state index in [9.17, 15) is 9.59 Å². The van der Waals surface area contributed by atoms with Crippen LogP contribution in [0.1, 0.15) is 44.9 Å². The van der Waals surface area contributed by atoms with Crippen LogP contribution in [0, 0.1) is 20.8 Å². The van der Waals surface area contributed by atoms with Crippen molar-refractivity contribution in [2.45, 2.75) is 40.2 Å². The predicted molar refractivity (Wildman–Crippen MR) is 111 cm³/mol. The van der Waals surface area contributed by atoms with Crippen molar-refractivity contribution in [1.29, 1.82) is 0 Å². The van der Waals surface area contributed by atoms with E-state index in [0.29, 0.717) is 18.5 Å². The van der Waals surface area contributed by atoms with Gasteiger partial charge in [0, 0.05) is 24.2 Å². The third kappa shape index (κ3) is 4.90. The molecule has 0 fully saturated rings. The summed E-state index contributed by atoms with van der Waals surface area (Å²) in [7, 11) is 0. The van der Waals surface area contributed by atoms with E-state index >= 15 is 0 Å². The Hall–Kier alpha value is -3.41. The number of hydrogen-bond donors (Lipinski definition) is 2. The third-order valence-corrected chi connectivity index (χ3v) is 4.94. The Morgan fingerprint density at radius 1 is 1.07 bits per heavy atom. The molecule has 2 N–H and O–H groups in total. The largest absolute Gasteiger partial charge is 0.481 e. The van der Waals surface area contributed by atoms with Crippen LogP contribution in [0.2, 0.25) is 0 Å². The van der Waals surface area contributed by atoms with Crippen molar-refractivity contribution in [2.24, 2.45) is 0 Å². The van der Waals surface area contributed by atoms with Crippen LogP contribution < -0.4 is 5.32 Å². The summed E-state index contributed by atoms with van der Waals surface area (Å²) in [4.78, 5) is 23.3. The molecule has 6 heteroatoms. The summed E-state index contributed by atoms with van der Waals surface area (Å²) in [5.74, 6) is -0.953. The lowest BCUT2D eigenvalue weighted by Crippen LogP contribution is -2.22. The van der Waals surface area contributed by atoms with E-state index in [1.807, 2.05) is 57.2 Å². The number of rotatable bonds is 7. The minimum atomic E-state index is -0.822. The van der Waals surface area contributed by atoms with Crippen molar-refractivity contribution in [3.8, 4) is 5.69 Å². The molecule has 1 aromatic heterocycles. The van der Waals surface area contributed by atoms with Gasteiger partial charge in [-0.05, 0) is 62.6 Å². The Labute approximate surface area is 170 Å². The zero-order chi connectivity index (χ0) is 21.0. The summed E-state index contributed by atoms with van der Waals surface area (Å²) in [6.07, 6.45) is 0.528. The van der Waals surface area contributed by atoms with Gasteiger partial charge in [-0.25, -0.2) is 4.68 Å². The molecule has 0 atom stereocenters. The van der Waals surface area contributed by atoms with Gasteiger partial charge in [-0.2, -0.15) is 5.10 Å². The lowest BCUT2D eigenvalue weighted by Gasteiger charge is -2.08. The van der Waals surface area contributed by atoms with E-state index in [0.717, 1.165) is 33.8 Å². The summed E-state index contributed by atoms with van der Waals surface area (Å²) in [6, 6.07) is 15.3. The molecule has 0 saturated heterocycles.